The SMILES string of the molecule is c1ccc(-c2ccccc2-c2ccc(N(c3ccc(-c4ccc5ccccc5c4)cc3)c3ccc(-c4cccc5ccccc45)c4oc5ccccc5c34)cc2)cc1. The zero-order valence-corrected chi connectivity index (χ0v) is 31.7. The van der Waals surface area contributed by atoms with Crippen LogP contribution in [0.1, 0.15) is 0 Å². The standard InChI is InChI=1S/C56H37NO/c1-2-14-40(15-3-1)47-19-8-9-20-48(47)42-29-33-46(34-30-42)57(45-31-27-39(28-32-45)44-26-25-38-13-4-5-17-43(38)37-44)53-36-35-51(50-23-12-18-41-16-6-7-21-49(41)50)56-55(53)52-22-10-11-24-54(52)58-56/h1-37H. The smallest absolute Gasteiger partial charge is 0.145 e. The first-order chi connectivity index (χ1) is 28.8. The highest BCUT2D eigenvalue weighted by Crippen LogP contribution is 2.47. The van der Waals surface area contributed by atoms with Crippen LogP contribution >= 0.6 is 0 Å². The van der Waals surface area contributed by atoms with Crippen molar-refractivity contribution in [2.24, 2.45) is 0 Å². The maximum atomic E-state index is 6.87. The number of rotatable bonds is 7. The van der Waals surface area contributed by atoms with E-state index >= 15 is 0 Å². The van der Waals surface area contributed by atoms with Gasteiger partial charge in [0, 0.05) is 22.3 Å². The molecule has 0 aliphatic heterocycles. The van der Waals surface area contributed by atoms with Crippen molar-refractivity contribution in [2.75, 3.05) is 4.90 Å². The van der Waals surface area contributed by atoms with Gasteiger partial charge in [-0.1, -0.05) is 176 Å². The average Bonchev–Trinajstić information content (AvgIpc) is 3.70. The van der Waals surface area contributed by atoms with Gasteiger partial charge in [0.05, 0.1) is 11.1 Å². The summed E-state index contributed by atoms with van der Waals surface area (Å²) in [5.74, 6) is 0. The summed E-state index contributed by atoms with van der Waals surface area (Å²) in [7, 11) is 0. The van der Waals surface area contributed by atoms with E-state index in [-0.39, 0.29) is 0 Å². The van der Waals surface area contributed by atoms with Crippen LogP contribution in [0.5, 0.6) is 0 Å². The Morgan fingerprint density at radius 1 is 0.310 bits per heavy atom. The molecule has 0 fully saturated rings. The lowest BCUT2D eigenvalue weighted by atomic mass is 9.94. The van der Waals surface area contributed by atoms with Gasteiger partial charge in [-0.2, -0.15) is 0 Å². The van der Waals surface area contributed by atoms with Crippen LogP contribution in [0.4, 0.5) is 17.1 Å². The van der Waals surface area contributed by atoms with Crippen molar-refractivity contribution in [3.05, 3.63) is 224 Å². The molecule has 10 aromatic carbocycles. The third kappa shape index (κ3) is 5.82. The number of benzene rings is 10. The Hall–Kier alpha value is -7.68. The maximum absolute atomic E-state index is 6.87. The molecule has 0 radical (unpaired) electrons. The molecular formula is C56H37NO. The molecule has 0 saturated heterocycles. The summed E-state index contributed by atoms with van der Waals surface area (Å²) >= 11 is 0. The van der Waals surface area contributed by atoms with Crippen LogP contribution in [0.15, 0.2) is 229 Å². The molecule has 0 amide bonds. The van der Waals surface area contributed by atoms with Crippen molar-refractivity contribution < 1.29 is 4.42 Å². The number of anilines is 3. The van der Waals surface area contributed by atoms with Crippen LogP contribution in [0.3, 0.4) is 0 Å². The lowest BCUT2D eigenvalue weighted by Crippen LogP contribution is -2.10. The van der Waals surface area contributed by atoms with Crippen molar-refractivity contribution in [1.29, 1.82) is 0 Å². The van der Waals surface area contributed by atoms with Crippen LogP contribution in [-0.2, 0) is 0 Å². The predicted molar refractivity (Wildman–Crippen MR) is 245 cm³/mol. The van der Waals surface area contributed by atoms with E-state index in [0.29, 0.717) is 0 Å². The molecule has 2 heteroatoms. The molecule has 0 atom stereocenters. The lowest BCUT2D eigenvalue weighted by molar-refractivity contribution is 0.670. The Balaban J connectivity index is 1.10. The van der Waals surface area contributed by atoms with Crippen LogP contribution in [0, 0.1) is 0 Å². The molecule has 0 N–H and O–H groups in total. The van der Waals surface area contributed by atoms with Crippen molar-refractivity contribution >= 4 is 60.5 Å². The van der Waals surface area contributed by atoms with E-state index in [4.69, 9.17) is 4.42 Å². The molecular weight excluding hydrogens is 703 g/mol. The highest BCUT2D eigenvalue weighted by molar-refractivity contribution is 6.18. The minimum Gasteiger partial charge on any atom is -0.455 e. The molecule has 0 aliphatic carbocycles. The van der Waals surface area contributed by atoms with Crippen LogP contribution in [-0.4, -0.2) is 0 Å². The second kappa shape index (κ2) is 14.1. The minimum atomic E-state index is 0.867. The fraction of sp³-hybridized carbons (Fsp3) is 0. The van der Waals surface area contributed by atoms with Crippen LogP contribution in [0.25, 0.3) is 88.0 Å². The summed E-state index contributed by atoms with van der Waals surface area (Å²) in [6.07, 6.45) is 0. The molecule has 58 heavy (non-hydrogen) atoms. The topological polar surface area (TPSA) is 16.4 Å². The fourth-order valence-corrected chi connectivity index (χ4v) is 8.66. The first-order valence-corrected chi connectivity index (χ1v) is 19.8. The first kappa shape index (κ1) is 33.6. The zero-order chi connectivity index (χ0) is 38.4. The Morgan fingerprint density at radius 3 is 1.62 bits per heavy atom. The molecule has 0 saturated carbocycles. The van der Waals surface area contributed by atoms with E-state index in [1.807, 2.05) is 0 Å². The van der Waals surface area contributed by atoms with Crippen molar-refractivity contribution in [3.8, 4) is 44.5 Å². The quantitative estimate of drug-likeness (QED) is 0.162. The normalized spacial score (nSPS) is 11.4. The summed E-state index contributed by atoms with van der Waals surface area (Å²) in [6.45, 7) is 0. The van der Waals surface area contributed by atoms with E-state index in [0.717, 1.165) is 50.1 Å². The van der Waals surface area contributed by atoms with Crippen molar-refractivity contribution in [3.63, 3.8) is 0 Å². The molecule has 0 bridgehead atoms. The number of furan rings is 1. The third-order valence-corrected chi connectivity index (χ3v) is 11.5. The van der Waals surface area contributed by atoms with Gasteiger partial charge in [0.2, 0.25) is 0 Å². The Labute approximate surface area is 337 Å². The largest absolute Gasteiger partial charge is 0.455 e. The lowest BCUT2D eigenvalue weighted by Gasteiger charge is -2.27. The van der Waals surface area contributed by atoms with Gasteiger partial charge < -0.3 is 9.32 Å². The second-order valence-electron chi connectivity index (χ2n) is 14.9. The molecule has 0 spiro atoms. The third-order valence-electron chi connectivity index (χ3n) is 11.5. The molecule has 0 unspecified atom stereocenters. The molecule has 11 rings (SSSR count). The summed E-state index contributed by atoms with van der Waals surface area (Å²) in [6, 6.07) is 80.6. The second-order valence-corrected chi connectivity index (χ2v) is 14.9. The van der Waals surface area contributed by atoms with E-state index in [1.54, 1.807) is 0 Å². The molecule has 1 heterocycles. The van der Waals surface area contributed by atoms with E-state index in [1.165, 1.54) is 54.9 Å². The molecule has 1 aromatic heterocycles. The van der Waals surface area contributed by atoms with Gasteiger partial charge in [-0.3, -0.25) is 0 Å². The number of nitrogens with zero attached hydrogens (tertiary/aromatic N) is 1. The predicted octanol–water partition coefficient (Wildman–Crippen LogP) is 16.0. The molecule has 0 aliphatic rings. The van der Waals surface area contributed by atoms with Gasteiger partial charge in [0.1, 0.15) is 11.2 Å². The summed E-state index contributed by atoms with van der Waals surface area (Å²) in [5.41, 5.74) is 14.3. The number of hydrogen-bond acceptors (Lipinski definition) is 2. The van der Waals surface area contributed by atoms with Gasteiger partial charge in [-0.15, -0.1) is 0 Å². The average molecular weight is 740 g/mol. The fourth-order valence-electron chi connectivity index (χ4n) is 8.66. The van der Waals surface area contributed by atoms with Gasteiger partial charge in [-0.25, -0.2) is 0 Å². The Kier molecular flexibility index (Phi) is 8.19. The maximum Gasteiger partial charge on any atom is 0.145 e. The molecule has 272 valence electrons. The summed E-state index contributed by atoms with van der Waals surface area (Å²) in [4.78, 5) is 2.38. The highest BCUT2D eigenvalue weighted by atomic mass is 16.3. The van der Waals surface area contributed by atoms with E-state index < -0.39 is 0 Å². The van der Waals surface area contributed by atoms with Crippen molar-refractivity contribution in [1.82, 2.24) is 0 Å². The van der Waals surface area contributed by atoms with Gasteiger partial charge >= 0.3 is 0 Å². The van der Waals surface area contributed by atoms with Crippen LogP contribution in [0.2, 0.25) is 0 Å². The molecule has 11 aromatic rings. The summed E-state index contributed by atoms with van der Waals surface area (Å²) in [5, 5.41) is 7.05. The number of hydrogen-bond donors (Lipinski definition) is 0. The van der Waals surface area contributed by atoms with Gasteiger partial charge in [0.15, 0.2) is 0 Å². The van der Waals surface area contributed by atoms with Gasteiger partial charge in [-0.05, 0) is 109 Å². The van der Waals surface area contributed by atoms with Crippen molar-refractivity contribution in [2.45, 2.75) is 0 Å². The number of fused-ring (bicyclic) bond motifs is 5. The zero-order valence-electron chi connectivity index (χ0n) is 31.7. The first-order valence-electron chi connectivity index (χ1n) is 19.8. The Bertz CT molecular complexity index is 3260. The highest BCUT2D eigenvalue weighted by Gasteiger charge is 2.23. The number of para-hydroxylation sites is 1. The summed E-state index contributed by atoms with van der Waals surface area (Å²) < 4.78 is 6.87. The van der Waals surface area contributed by atoms with Crippen LogP contribution < -0.4 is 4.90 Å². The van der Waals surface area contributed by atoms with E-state index in [9.17, 15) is 0 Å². The van der Waals surface area contributed by atoms with E-state index in [2.05, 4.69) is 229 Å². The minimum absolute atomic E-state index is 0.867. The molecule has 2 nitrogen and oxygen atoms in total. The monoisotopic (exact) mass is 739 g/mol. The Morgan fingerprint density at radius 2 is 0.862 bits per heavy atom. The van der Waals surface area contributed by atoms with Gasteiger partial charge in [0.25, 0.3) is 0 Å².